The van der Waals surface area contributed by atoms with Crippen LogP contribution in [-0.4, -0.2) is 4.98 Å². The Morgan fingerprint density at radius 3 is 3.10 bits per heavy atom. The number of thiophene rings is 1. The highest BCUT2D eigenvalue weighted by atomic mass is 32.1. The first-order valence-electron chi connectivity index (χ1n) is 2.93. The lowest BCUT2D eigenvalue weighted by atomic mass is 10.3. The molecule has 0 spiro atoms. The van der Waals surface area contributed by atoms with Gasteiger partial charge < -0.3 is 4.98 Å². The Bertz CT molecular complexity index is 399. The first kappa shape index (κ1) is 6.07. The largest absolute Gasteiger partial charge is 0.352 e. The third-order valence-electron chi connectivity index (χ3n) is 1.39. The molecule has 0 aliphatic carbocycles. The summed E-state index contributed by atoms with van der Waals surface area (Å²) in [7, 11) is 0. The molecule has 2 aromatic heterocycles. The van der Waals surface area contributed by atoms with Crippen LogP contribution in [0.1, 0.15) is 0 Å². The Balaban J connectivity index is 3.09. The summed E-state index contributed by atoms with van der Waals surface area (Å²) >= 11 is 6.77. The van der Waals surface area contributed by atoms with Crippen molar-refractivity contribution in [3.8, 4) is 0 Å². The van der Waals surface area contributed by atoms with E-state index in [4.69, 9.17) is 12.2 Å². The van der Waals surface area contributed by atoms with E-state index >= 15 is 0 Å². The van der Waals surface area contributed by atoms with Crippen molar-refractivity contribution < 1.29 is 0 Å². The minimum atomic E-state index is 0.832. The molecule has 0 amide bonds. The van der Waals surface area contributed by atoms with Gasteiger partial charge in [-0.1, -0.05) is 12.2 Å². The van der Waals surface area contributed by atoms with Gasteiger partial charge in [0, 0.05) is 16.3 Å². The number of rotatable bonds is 0. The topological polar surface area (TPSA) is 15.8 Å². The molecule has 10 heavy (non-hydrogen) atoms. The molecule has 2 heterocycles. The summed E-state index contributed by atoms with van der Waals surface area (Å²) in [6, 6.07) is 4.08. The fourth-order valence-corrected chi connectivity index (χ4v) is 2.01. The summed E-state index contributed by atoms with van der Waals surface area (Å²) in [6.45, 7) is 0. The van der Waals surface area contributed by atoms with Crippen molar-refractivity contribution in [1.29, 1.82) is 0 Å². The van der Waals surface area contributed by atoms with Crippen molar-refractivity contribution in [2.75, 3.05) is 0 Å². The minimum Gasteiger partial charge on any atom is -0.352 e. The average Bonchev–Trinajstić information content (AvgIpc) is 2.36. The van der Waals surface area contributed by atoms with Gasteiger partial charge in [0.15, 0.2) is 0 Å². The van der Waals surface area contributed by atoms with Crippen molar-refractivity contribution >= 4 is 33.6 Å². The first-order valence-corrected chi connectivity index (χ1v) is 4.21. The maximum atomic E-state index is 5.06. The Kier molecular flexibility index (Phi) is 1.32. The van der Waals surface area contributed by atoms with Crippen LogP contribution in [0.25, 0.3) is 10.1 Å². The molecule has 0 aliphatic heterocycles. The zero-order chi connectivity index (χ0) is 6.97. The van der Waals surface area contributed by atoms with Crippen LogP contribution in [0.15, 0.2) is 23.7 Å². The summed E-state index contributed by atoms with van der Waals surface area (Å²) in [5, 5.41) is 3.20. The molecule has 0 bridgehead atoms. The summed E-state index contributed by atoms with van der Waals surface area (Å²) in [4.78, 5) is 2.98. The third kappa shape index (κ3) is 0.786. The Morgan fingerprint density at radius 1 is 1.40 bits per heavy atom. The SMILES string of the molecule is S=c1[nH]ccc2sccc12. The van der Waals surface area contributed by atoms with Gasteiger partial charge in [0.25, 0.3) is 0 Å². The molecule has 0 atom stereocenters. The molecule has 0 saturated carbocycles. The van der Waals surface area contributed by atoms with Crippen molar-refractivity contribution in [3.63, 3.8) is 0 Å². The average molecular weight is 167 g/mol. The summed E-state index contributed by atoms with van der Waals surface area (Å²) in [6.07, 6.45) is 1.88. The molecule has 0 fully saturated rings. The molecule has 0 radical (unpaired) electrons. The molecule has 0 saturated heterocycles. The monoisotopic (exact) mass is 167 g/mol. The van der Waals surface area contributed by atoms with Crippen LogP contribution >= 0.6 is 23.6 Å². The van der Waals surface area contributed by atoms with E-state index in [1.54, 1.807) is 11.3 Å². The van der Waals surface area contributed by atoms with Gasteiger partial charge in [0.2, 0.25) is 0 Å². The van der Waals surface area contributed by atoms with Gasteiger partial charge in [-0.2, -0.15) is 0 Å². The summed E-state index contributed by atoms with van der Waals surface area (Å²) < 4.78 is 2.09. The molecule has 1 nitrogen and oxygen atoms in total. The van der Waals surface area contributed by atoms with E-state index in [0.29, 0.717) is 0 Å². The minimum absolute atomic E-state index is 0.832. The van der Waals surface area contributed by atoms with Crippen LogP contribution < -0.4 is 0 Å². The molecule has 0 aliphatic rings. The predicted molar refractivity (Wildman–Crippen MR) is 47.0 cm³/mol. The second kappa shape index (κ2) is 2.18. The summed E-state index contributed by atoms with van der Waals surface area (Å²) in [5.74, 6) is 0. The van der Waals surface area contributed by atoms with E-state index in [1.807, 2.05) is 23.7 Å². The van der Waals surface area contributed by atoms with Gasteiger partial charge in [-0.3, -0.25) is 0 Å². The smallest absolute Gasteiger partial charge is 0.111 e. The standard InChI is InChI=1S/C7H5NS2/c9-7-5-2-4-10-6(5)1-3-8-7/h1-4H,(H,8,9). The predicted octanol–water partition coefficient (Wildman–Crippen LogP) is 2.96. The third-order valence-corrected chi connectivity index (χ3v) is 2.61. The van der Waals surface area contributed by atoms with Gasteiger partial charge in [-0.05, 0) is 17.5 Å². The maximum Gasteiger partial charge on any atom is 0.111 e. The Labute approximate surface area is 67.3 Å². The molecule has 0 unspecified atom stereocenters. The van der Waals surface area contributed by atoms with Crippen molar-refractivity contribution in [2.45, 2.75) is 0 Å². The fourth-order valence-electron chi connectivity index (χ4n) is 0.908. The number of H-pyrrole nitrogens is 1. The van der Waals surface area contributed by atoms with Crippen LogP contribution in [0.5, 0.6) is 0 Å². The van der Waals surface area contributed by atoms with Crippen LogP contribution in [-0.2, 0) is 0 Å². The highest BCUT2D eigenvalue weighted by Crippen LogP contribution is 2.19. The maximum absolute atomic E-state index is 5.06. The van der Waals surface area contributed by atoms with Gasteiger partial charge in [0.1, 0.15) is 4.64 Å². The molecule has 2 aromatic rings. The number of fused-ring (bicyclic) bond motifs is 1. The normalized spacial score (nSPS) is 10.4. The Hall–Kier alpha value is -0.670. The van der Waals surface area contributed by atoms with E-state index in [-0.39, 0.29) is 0 Å². The number of aromatic nitrogens is 1. The quantitative estimate of drug-likeness (QED) is 0.596. The zero-order valence-corrected chi connectivity index (χ0v) is 6.76. The van der Waals surface area contributed by atoms with E-state index < -0.39 is 0 Å². The number of hydrogen-bond acceptors (Lipinski definition) is 2. The van der Waals surface area contributed by atoms with Crippen molar-refractivity contribution in [1.82, 2.24) is 4.98 Å². The Morgan fingerprint density at radius 2 is 2.30 bits per heavy atom. The lowest BCUT2D eigenvalue weighted by Crippen LogP contribution is -1.69. The van der Waals surface area contributed by atoms with E-state index in [2.05, 4.69) is 4.98 Å². The van der Waals surface area contributed by atoms with E-state index in [0.717, 1.165) is 10.0 Å². The van der Waals surface area contributed by atoms with Crippen LogP contribution in [0.3, 0.4) is 0 Å². The molecular formula is C7H5NS2. The molecule has 0 aromatic carbocycles. The lowest BCUT2D eigenvalue weighted by Gasteiger charge is -1.85. The highest BCUT2D eigenvalue weighted by molar-refractivity contribution is 7.71. The van der Waals surface area contributed by atoms with Crippen LogP contribution in [0, 0.1) is 4.64 Å². The molecule has 3 heteroatoms. The van der Waals surface area contributed by atoms with E-state index in [1.165, 1.54) is 4.70 Å². The fraction of sp³-hybridized carbons (Fsp3) is 0. The van der Waals surface area contributed by atoms with Crippen LogP contribution in [0.2, 0.25) is 0 Å². The second-order valence-electron chi connectivity index (χ2n) is 2.01. The van der Waals surface area contributed by atoms with Gasteiger partial charge >= 0.3 is 0 Å². The molecule has 50 valence electrons. The van der Waals surface area contributed by atoms with Crippen molar-refractivity contribution in [3.05, 3.63) is 28.4 Å². The molecule has 2 rings (SSSR count). The second-order valence-corrected chi connectivity index (χ2v) is 3.36. The molecular weight excluding hydrogens is 162 g/mol. The highest BCUT2D eigenvalue weighted by Gasteiger charge is 1.92. The van der Waals surface area contributed by atoms with E-state index in [9.17, 15) is 0 Å². The lowest BCUT2D eigenvalue weighted by molar-refractivity contribution is 1.34. The number of nitrogens with one attached hydrogen (secondary N) is 1. The van der Waals surface area contributed by atoms with Crippen molar-refractivity contribution in [2.24, 2.45) is 0 Å². The number of pyridine rings is 1. The number of hydrogen-bond donors (Lipinski definition) is 1. The van der Waals surface area contributed by atoms with Gasteiger partial charge in [0.05, 0.1) is 0 Å². The van der Waals surface area contributed by atoms with Crippen LogP contribution in [0.4, 0.5) is 0 Å². The zero-order valence-electron chi connectivity index (χ0n) is 5.13. The summed E-state index contributed by atoms with van der Waals surface area (Å²) in [5.41, 5.74) is 0. The van der Waals surface area contributed by atoms with Gasteiger partial charge in [-0.15, -0.1) is 11.3 Å². The first-order chi connectivity index (χ1) is 4.88. The van der Waals surface area contributed by atoms with Gasteiger partial charge in [-0.25, -0.2) is 0 Å². The number of aromatic amines is 1. The molecule has 1 N–H and O–H groups in total.